The van der Waals surface area contributed by atoms with Gasteiger partial charge in [-0.1, -0.05) is 84.9 Å². The lowest BCUT2D eigenvalue weighted by atomic mass is 9.68. The number of nitrogens with zero attached hydrogens (tertiary/aromatic N) is 2. The number of hydrogen-bond acceptors (Lipinski definition) is 2. The minimum atomic E-state index is -0.235. The van der Waals surface area contributed by atoms with Crippen molar-refractivity contribution in [3.8, 4) is 0 Å². The topological polar surface area (TPSA) is 23.6 Å². The van der Waals surface area contributed by atoms with Gasteiger partial charge in [0.25, 0.3) is 0 Å². The number of amides is 1. The second kappa shape index (κ2) is 9.03. The largest absolute Gasteiger partial charge is 0.342 e. The van der Waals surface area contributed by atoms with Crippen LogP contribution in [0.5, 0.6) is 0 Å². The molecule has 1 amide bonds. The molecule has 1 saturated carbocycles. The van der Waals surface area contributed by atoms with E-state index in [4.69, 9.17) is 0 Å². The van der Waals surface area contributed by atoms with E-state index in [2.05, 4.69) is 58.3 Å². The molecule has 6 rings (SSSR count). The minimum Gasteiger partial charge on any atom is -0.342 e. The molecule has 2 aliphatic heterocycles. The summed E-state index contributed by atoms with van der Waals surface area (Å²) in [6, 6.07) is 29.6. The molecule has 1 spiro atoms. The molecule has 3 aromatic carbocycles. The molecule has 0 bridgehead atoms. The Kier molecular flexibility index (Phi) is 5.74. The molecular formula is C31H34N2O. The Labute approximate surface area is 203 Å². The number of carbonyl (C=O) groups excluding carboxylic acids is 1. The van der Waals surface area contributed by atoms with Crippen LogP contribution in [0.15, 0.2) is 84.9 Å². The van der Waals surface area contributed by atoms with Crippen LogP contribution in [0.3, 0.4) is 0 Å². The summed E-state index contributed by atoms with van der Waals surface area (Å²) in [6.45, 7) is 5.13. The maximum Gasteiger partial charge on any atom is 0.234 e. The molecule has 0 atom stereocenters. The highest BCUT2D eigenvalue weighted by atomic mass is 16.2. The molecule has 0 radical (unpaired) electrons. The highest BCUT2D eigenvalue weighted by Gasteiger charge is 2.44. The predicted octanol–water partition coefficient (Wildman–Crippen LogP) is 5.60. The van der Waals surface area contributed by atoms with Crippen molar-refractivity contribution in [2.45, 2.75) is 43.6 Å². The Morgan fingerprint density at radius 1 is 0.824 bits per heavy atom. The summed E-state index contributed by atoms with van der Waals surface area (Å²) in [5, 5.41) is 0. The molecule has 3 aromatic rings. The Bertz CT molecular complexity index is 1090. The minimum absolute atomic E-state index is 0.176. The van der Waals surface area contributed by atoms with E-state index in [1.54, 1.807) is 0 Å². The van der Waals surface area contributed by atoms with E-state index in [1.807, 2.05) is 36.4 Å². The molecule has 2 heterocycles. The van der Waals surface area contributed by atoms with Gasteiger partial charge in [-0.15, -0.1) is 0 Å². The van der Waals surface area contributed by atoms with Crippen molar-refractivity contribution in [3.05, 3.63) is 107 Å². The second-order valence-electron chi connectivity index (χ2n) is 10.6. The van der Waals surface area contributed by atoms with Crippen LogP contribution in [0.1, 0.15) is 53.9 Å². The first-order valence-electron chi connectivity index (χ1n) is 12.9. The number of fused-ring (bicyclic) bond motifs is 2. The van der Waals surface area contributed by atoms with Gasteiger partial charge in [0.05, 0.1) is 5.92 Å². The average Bonchev–Trinajstić information content (AvgIpc) is 3.70. The Morgan fingerprint density at radius 3 is 2.03 bits per heavy atom. The van der Waals surface area contributed by atoms with Crippen molar-refractivity contribution in [1.29, 1.82) is 0 Å². The summed E-state index contributed by atoms with van der Waals surface area (Å²) < 4.78 is 0. The van der Waals surface area contributed by atoms with Gasteiger partial charge in [-0.25, -0.2) is 0 Å². The van der Waals surface area contributed by atoms with Gasteiger partial charge < -0.3 is 4.90 Å². The molecule has 3 heteroatoms. The number of piperidine rings is 1. The number of hydrogen-bond donors (Lipinski definition) is 0. The molecule has 0 N–H and O–H groups in total. The van der Waals surface area contributed by atoms with E-state index in [0.29, 0.717) is 0 Å². The van der Waals surface area contributed by atoms with E-state index < -0.39 is 0 Å². The zero-order valence-electron chi connectivity index (χ0n) is 19.9. The van der Waals surface area contributed by atoms with Crippen LogP contribution < -0.4 is 0 Å². The Balaban J connectivity index is 1.24. The quantitative estimate of drug-likeness (QED) is 0.505. The first-order chi connectivity index (χ1) is 16.7. The van der Waals surface area contributed by atoms with Crippen LogP contribution in [0.2, 0.25) is 0 Å². The summed E-state index contributed by atoms with van der Waals surface area (Å²) in [7, 11) is 0. The Hall–Kier alpha value is -2.91. The molecule has 1 saturated heterocycles. The monoisotopic (exact) mass is 450 g/mol. The fourth-order valence-electron chi connectivity index (χ4n) is 6.31. The lowest BCUT2D eigenvalue weighted by Gasteiger charge is -2.49. The van der Waals surface area contributed by atoms with Crippen molar-refractivity contribution < 1.29 is 4.79 Å². The van der Waals surface area contributed by atoms with E-state index in [0.717, 1.165) is 56.1 Å². The van der Waals surface area contributed by atoms with Gasteiger partial charge in [-0.05, 0) is 53.9 Å². The van der Waals surface area contributed by atoms with Crippen molar-refractivity contribution in [1.82, 2.24) is 9.80 Å². The number of benzene rings is 3. The van der Waals surface area contributed by atoms with Gasteiger partial charge in [0.15, 0.2) is 0 Å². The van der Waals surface area contributed by atoms with Gasteiger partial charge in [0, 0.05) is 38.1 Å². The molecule has 174 valence electrons. The molecular weight excluding hydrogens is 416 g/mol. The predicted molar refractivity (Wildman–Crippen MR) is 137 cm³/mol. The van der Waals surface area contributed by atoms with Crippen molar-refractivity contribution in [2.24, 2.45) is 5.92 Å². The van der Waals surface area contributed by atoms with Gasteiger partial charge in [0.1, 0.15) is 0 Å². The number of likely N-dealkylation sites (tertiary alicyclic amines) is 1. The highest BCUT2D eigenvalue weighted by molar-refractivity contribution is 5.87. The summed E-state index contributed by atoms with van der Waals surface area (Å²) in [5.41, 5.74) is 5.38. The molecule has 1 aliphatic carbocycles. The van der Waals surface area contributed by atoms with Crippen molar-refractivity contribution >= 4 is 5.91 Å². The molecule has 3 aliphatic rings. The van der Waals surface area contributed by atoms with E-state index in [1.165, 1.54) is 30.5 Å². The third kappa shape index (κ3) is 4.18. The zero-order chi connectivity index (χ0) is 23.0. The van der Waals surface area contributed by atoms with Gasteiger partial charge in [-0.3, -0.25) is 9.69 Å². The zero-order valence-corrected chi connectivity index (χ0v) is 19.9. The van der Waals surface area contributed by atoms with Crippen LogP contribution in [0, 0.1) is 5.92 Å². The normalized spacial score (nSPS) is 19.9. The van der Waals surface area contributed by atoms with Crippen LogP contribution >= 0.6 is 0 Å². The van der Waals surface area contributed by atoms with Gasteiger partial charge >= 0.3 is 0 Å². The number of carbonyl (C=O) groups is 1. The van der Waals surface area contributed by atoms with E-state index >= 15 is 0 Å². The summed E-state index contributed by atoms with van der Waals surface area (Å²) >= 11 is 0. The van der Waals surface area contributed by atoms with E-state index in [-0.39, 0.29) is 17.2 Å². The molecule has 2 fully saturated rings. The molecule has 0 aromatic heterocycles. The van der Waals surface area contributed by atoms with Crippen LogP contribution in [-0.2, 0) is 16.8 Å². The lowest BCUT2D eigenvalue weighted by Crippen LogP contribution is -2.53. The third-order valence-electron chi connectivity index (χ3n) is 8.27. The number of rotatable bonds is 5. The second-order valence-corrected chi connectivity index (χ2v) is 10.6. The fourth-order valence-corrected chi connectivity index (χ4v) is 6.31. The SMILES string of the molecule is O=C(C(c1ccccc1)c1ccccc1)N1CCC2(CC1)CN(CC1CC1)Cc1ccccc12. The van der Waals surface area contributed by atoms with Crippen LogP contribution in [0.4, 0.5) is 0 Å². The van der Waals surface area contributed by atoms with Crippen LogP contribution in [-0.4, -0.2) is 41.9 Å². The van der Waals surface area contributed by atoms with E-state index in [9.17, 15) is 4.79 Å². The van der Waals surface area contributed by atoms with Crippen LogP contribution in [0.25, 0.3) is 0 Å². The molecule has 0 unspecified atom stereocenters. The summed E-state index contributed by atoms with van der Waals surface area (Å²) in [6.07, 6.45) is 4.89. The highest BCUT2D eigenvalue weighted by Crippen LogP contribution is 2.43. The van der Waals surface area contributed by atoms with Gasteiger partial charge in [-0.2, -0.15) is 0 Å². The third-order valence-corrected chi connectivity index (χ3v) is 8.27. The average molecular weight is 451 g/mol. The molecule has 34 heavy (non-hydrogen) atoms. The maximum absolute atomic E-state index is 13.9. The first kappa shape index (κ1) is 21.6. The Morgan fingerprint density at radius 2 is 1.41 bits per heavy atom. The molecule has 3 nitrogen and oxygen atoms in total. The standard InChI is InChI=1S/C31H34N2O/c34-30(29(25-9-3-1-4-10-25)26-11-5-2-6-12-26)33-19-17-31(18-20-33)23-32(21-24-15-16-24)22-27-13-7-8-14-28(27)31/h1-14,24,29H,15-23H2. The summed E-state index contributed by atoms with van der Waals surface area (Å²) in [5.74, 6) is 0.911. The maximum atomic E-state index is 13.9. The fraction of sp³-hybridized carbons (Fsp3) is 0.387. The smallest absolute Gasteiger partial charge is 0.234 e. The lowest BCUT2D eigenvalue weighted by molar-refractivity contribution is -0.133. The summed E-state index contributed by atoms with van der Waals surface area (Å²) in [4.78, 5) is 18.8. The van der Waals surface area contributed by atoms with Crippen molar-refractivity contribution in [2.75, 3.05) is 26.2 Å². The first-order valence-corrected chi connectivity index (χ1v) is 12.9. The van der Waals surface area contributed by atoms with Crippen molar-refractivity contribution in [3.63, 3.8) is 0 Å². The van der Waals surface area contributed by atoms with Gasteiger partial charge in [0.2, 0.25) is 5.91 Å².